The first-order valence-electron chi connectivity index (χ1n) is 26.7. The summed E-state index contributed by atoms with van der Waals surface area (Å²) in [6, 6.07) is 0. The van der Waals surface area contributed by atoms with Gasteiger partial charge in [0.15, 0.2) is 12.4 Å². The van der Waals surface area contributed by atoms with Gasteiger partial charge in [0.05, 0.1) is 6.61 Å². The highest BCUT2D eigenvalue weighted by atomic mass is 32.2. The van der Waals surface area contributed by atoms with Gasteiger partial charge in [-0.15, -0.1) is 0 Å². The van der Waals surface area contributed by atoms with E-state index in [1.807, 2.05) is 6.08 Å². The summed E-state index contributed by atoms with van der Waals surface area (Å²) in [6.45, 7) is 3.75. The lowest BCUT2D eigenvalue weighted by molar-refractivity contribution is -0.297. The predicted octanol–water partition coefficient (Wildman–Crippen LogP) is 12.3. The molecule has 0 bridgehead atoms. The van der Waals surface area contributed by atoms with Gasteiger partial charge >= 0.3 is 11.9 Å². The van der Waals surface area contributed by atoms with Gasteiger partial charge in [-0.25, -0.2) is 0 Å². The van der Waals surface area contributed by atoms with Crippen LogP contribution in [-0.4, -0.2) is 96.0 Å². The highest BCUT2D eigenvalue weighted by Crippen LogP contribution is 2.24. The molecule has 0 radical (unpaired) electrons. The lowest BCUT2D eigenvalue weighted by Gasteiger charge is -2.40. The van der Waals surface area contributed by atoms with E-state index in [0.29, 0.717) is 19.3 Å². The van der Waals surface area contributed by atoms with E-state index in [4.69, 9.17) is 18.9 Å². The van der Waals surface area contributed by atoms with Crippen LogP contribution < -0.4 is 0 Å². The van der Waals surface area contributed by atoms with E-state index < -0.39 is 71.2 Å². The molecule has 4 N–H and O–H groups in total. The second-order valence-corrected chi connectivity index (χ2v) is 20.0. The molecule has 1 fully saturated rings. The number of hydrogen-bond donors (Lipinski definition) is 4. The molecule has 0 aliphatic carbocycles. The van der Waals surface area contributed by atoms with Crippen molar-refractivity contribution in [3.8, 4) is 0 Å². The standard InChI is InChI=1S/C54H96O12S/c1-3-5-7-9-11-13-15-17-19-21-23-24-25-27-28-30-32-34-36-38-40-42-49(55)63-44-47(45-64-54-53(59)52(58)51(57)48(66-54)46-67(60,61)62)65-50(56)43-41-39-37-35-33-31-29-26-22-20-18-16-14-12-10-8-6-4-2/h19,21,24-25,28,30,34,36,47-48,51-54,57-59H,3-18,20,22-23,26-27,29,31-33,35,37-46H2,1-2H3,(H,60,61,62)/b21-19+,25-24+,30-28+,36-34+/t47-,48-,51-,52?,53?,54+/m1/s1. The fourth-order valence-corrected chi connectivity index (χ4v) is 8.71. The molecule has 13 heteroatoms. The molecular weight excluding hydrogens is 873 g/mol. The van der Waals surface area contributed by atoms with E-state index in [0.717, 1.165) is 38.5 Å². The maximum absolute atomic E-state index is 12.9. The zero-order valence-corrected chi connectivity index (χ0v) is 42.8. The average Bonchev–Trinajstić information content (AvgIpc) is 3.30. The first-order valence-corrected chi connectivity index (χ1v) is 28.3. The van der Waals surface area contributed by atoms with Gasteiger partial charge in [-0.2, -0.15) is 8.42 Å². The van der Waals surface area contributed by atoms with Gasteiger partial charge in [-0.05, 0) is 51.4 Å². The third-order valence-corrected chi connectivity index (χ3v) is 12.9. The van der Waals surface area contributed by atoms with Crippen molar-refractivity contribution in [1.29, 1.82) is 0 Å². The zero-order chi connectivity index (χ0) is 49.1. The minimum atomic E-state index is -4.61. The highest BCUT2D eigenvalue weighted by Gasteiger charge is 2.46. The third kappa shape index (κ3) is 38.1. The number of hydrogen-bond acceptors (Lipinski definition) is 11. The fourth-order valence-electron chi connectivity index (χ4n) is 8.02. The molecule has 0 amide bonds. The lowest BCUT2D eigenvalue weighted by Crippen LogP contribution is -2.60. The van der Waals surface area contributed by atoms with Gasteiger partial charge < -0.3 is 34.3 Å². The molecule has 1 aliphatic heterocycles. The van der Waals surface area contributed by atoms with E-state index in [2.05, 4.69) is 56.4 Å². The molecule has 2 unspecified atom stereocenters. The van der Waals surface area contributed by atoms with Crippen LogP contribution in [-0.2, 0) is 38.7 Å². The van der Waals surface area contributed by atoms with E-state index in [9.17, 15) is 37.9 Å². The van der Waals surface area contributed by atoms with Crippen LogP contribution in [0.25, 0.3) is 0 Å². The van der Waals surface area contributed by atoms with Crippen LogP contribution in [0.2, 0.25) is 0 Å². The average molecular weight is 969 g/mol. The summed E-state index contributed by atoms with van der Waals surface area (Å²) in [5.41, 5.74) is 0. The highest BCUT2D eigenvalue weighted by molar-refractivity contribution is 7.85. The molecule has 1 saturated heterocycles. The number of carbonyl (C=O) groups excluding carboxylic acids is 2. The Morgan fingerprint density at radius 3 is 1.37 bits per heavy atom. The minimum absolute atomic E-state index is 0.144. The summed E-state index contributed by atoms with van der Waals surface area (Å²) in [5, 5.41) is 31.0. The first kappa shape index (κ1) is 62.6. The van der Waals surface area contributed by atoms with E-state index >= 15 is 0 Å². The van der Waals surface area contributed by atoms with Gasteiger partial charge in [0.25, 0.3) is 10.1 Å². The minimum Gasteiger partial charge on any atom is -0.462 e. The molecule has 0 aromatic heterocycles. The molecule has 1 aliphatic rings. The molecule has 12 nitrogen and oxygen atoms in total. The van der Waals surface area contributed by atoms with E-state index in [1.165, 1.54) is 141 Å². The number of aliphatic hydroxyl groups excluding tert-OH is 3. The molecule has 390 valence electrons. The van der Waals surface area contributed by atoms with Gasteiger partial charge in [0.1, 0.15) is 36.8 Å². The van der Waals surface area contributed by atoms with Gasteiger partial charge in [0.2, 0.25) is 0 Å². The van der Waals surface area contributed by atoms with E-state index in [1.54, 1.807) is 0 Å². The van der Waals surface area contributed by atoms with Crippen LogP contribution in [0.3, 0.4) is 0 Å². The number of allylic oxidation sites excluding steroid dienone is 8. The molecule has 6 atom stereocenters. The monoisotopic (exact) mass is 969 g/mol. The first-order chi connectivity index (χ1) is 32.5. The van der Waals surface area contributed by atoms with E-state index in [-0.39, 0.29) is 19.4 Å². The molecule has 1 rings (SSSR count). The molecule has 67 heavy (non-hydrogen) atoms. The van der Waals surface area contributed by atoms with Gasteiger partial charge in [0, 0.05) is 12.8 Å². The van der Waals surface area contributed by atoms with Crippen LogP contribution in [0.5, 0.6) is 0 Å². The van der Waals surface area contributed by atoms with Crippen LogP contribution >= 0.6 is 0 Å². The SMILES string of the molecule is CCCCCCCCC/C=C/C/C=C/C/C=C/C/C=C/CCCC(=O)OC[C@H](CO[C@H]1O[C@H](CS(=O)(=O)O)[C@@H](O)C(O)C1O)OC(=O)CCCCCCCCCCCCCCCCCCCC. The van der Waals surface area contributed by atoms with Crippen molar-refractivity contribution in [1.82, 2.24) is 0 Å². The summed E-state index contributed by atoms with van der Waals surface area (Å²) in [7, 11) is -4.61. The Labute approximate surface area is 407 Å². The molecule has 0 spiro atoms. The molecular formula is C54H96O12S. The lowest BCUT2D eigenvalue weighted by atomic mass is 10.00. The number of carbonyl (C=O) groups is 2. The van der Waals surface area contributed by atoms with Crippen LogP contribution in [0.4, 0.5) is 0 Å². The summed E-state index contributed by atoms with van der Waals surface area (Å²) >= 11 is 0. The predicted molar refractivity (Wildman–Crippen MR) is 270 cm³/mol. The van der Waals surface area contributed by atoms with Crippen molar-refractivity contribution in [2.24, 2.45) is 0 Å². The summed E-state index contributed by atoms with van der Waals surface area (Å²) in [6.07, 6.45) is 44.4. The number of esters is 2. The van der Waals surface area contributed by atoms with Crippen LogP contribution in [0.1, 0.15) is 226 Å². The van der Waals surface area contributed by atoms with Crippen molar-refractivity contribution in [3.63, 3.8) is 0 Å². The number of unbranched alkanes of at least 4 members (excludes halogenated alkanes) is 25. The Kier molecular flexibility index (Phi) is 40.8. The number of aliphatic hydroxyl groups is 3. The van der Waals surface area contributed by atoms with Gasteiger partial charge in [-0.1, -0.05) is 210 Å². The number of rotatable bonds is 45. The Morgan fingerprint density at radius 2 is 0.910 bits per heavy atom. The second-order valence-electron chi connectivity index (χ2n) is 18.5. The smallest absolute Gasteiger partial charge is 0.306 e. The van der Waals surface area contributed by atoms with Gasteiger partial charge in [-0.3, -0.25) is 14.1 Å². The Balaban J connectivity index is 2.40. The Bertz CT molecular complexity index is 1410. The molecule has 0 aromatic rings. The topological polar surface area (TPSA) is 186 Å². The zero-order valence-electron chi connectivity index (χ0n) is 42.0. The molecule has 0 aromatic carbocycles. The van der Waals surface area contributed by atoms with Crippen LogP contribution in [0, 0.1) is 0 Å². The Hall–Kier alpha value is -2.39. The maximum atomic E-state index is 12.9. The van der Waals surface area contributed by atoms with Crippen molar-refractivity contribution < 1.29 is 56.8 Å². The normalized spacial score (nSPS) is 19.6. The third-order valence-electron chi connectivity index (χ3n) is 12.2. The fraction of sp³-hybridized carbons (Fsp3) is 0.815. The van der Waals surface area contributed by atoms with Crippen molar-refractivity contribution in [3.05, 3.63) is 48.6 Å². The largest absolute Gasteiger partial charge is 0.462 e. The molecule has 0 saturated carbocycles. The summed E-state index contributed by atoms with van der Waals surface area (Å²) in [5.74, 6) is -2.05. The maximum Gasteiger partial charge on any atom is 0.306 e. The van der Waals surface area contributed by atoms with Crippen molar-refractivity contribution >= 4 is 22.1 Å². The van der Waals surface area contributed by atoms with Crippen molar-refractivity contribution in [2.75, 3.05) is 19.0 Å². The quantitative estimate of drug-likeness (QED) is 0.0196. The summed E-state index contributed by atoms with van der Waals surface area (Å²) < 4.78 is 54.2. The number of ether oxygens (including phenoxy) is 4. The van der Waals surface area contributed by atoms with Crippen molar-refractivity contribution in [2.45, 2.75) is 263 Å². The molecule has 1 heterocycles. The second kappa shape index (κ2) is 43.6. The Morgan fingerprint density at radius 1 is 0.507 bits per heavy atom. The summed E-state index contributed by atoms with van der Waals surface area (Å²) in [4.78, 5) is 25.5. The van der Waals surface area contributed by atoms with Crippen LogP contribution in [0.15, 0.2) is 48.6 Å².